The van der Waals surface area contributed by atoms with E-state index in [2.05, 4.69) is 5.32 Å². The smallest absolute Gasteiger partial charge is 0.407 e. The maximum absolute atomic E-state index is 12.4. The number of ether oxygens (including phenoxy) is 1. The fraction of sp³-hybridized carbons (Fsp3) is 0.471. The number of Topliss-reactive ketones (excluding diaryl/α,β-unsaturated/α-hetero) is 1. The van der Waals surface area contributed by atoms with E-state index in [9.17, 15) is 14.4 Å². The predicted molar refractivity (Wildman–Crippen MR) is 83.0 cm³/mol. The van der Waals surface area contributed by atoms with E-state index in [1.807, 2.05) is 30.3 Å². The van der Waals surface area contributed by atoms with Crippen molar-refractivity contribution in [3.63, 3.8) is 0 Å². The number of nitrogens with one attached hydrogen (secondary N) is 1. The molecule has 6 heteroatoms. The SMILES string of the molecule is O=C1NC(C(=O)N2CCC(C(=O)c3ccccc3)CC2)CCO1. The van der Waals surface area contributed by atoms with Gasteiger partial charge in [-0.3, -0.25) is 9.59 Å². The normalized spacial score (nSPS) is 22.2. The van der Waals surface area contributed by atoms with Gasteiger partial charge in [-0.05, 0) is 12.8 Å². The number of rotatable bonds is 3. The molecule has 0 saturated carbocycles. The van der Waals surface area contributed by atoms with Crippen LogP contribution in [0.25, 0.3) is 0 Å². The van der Waals surface area contributed by atoms with Crippen molar-refractivity contribution in [1.82, 2.24) is 10.2 Å². The van der Waals surface area contributed by atoms with Gasteiger partial charge in [-0.25, -0.2) is 4.79 Å². The molecule has 2 heterocycles. The van der Waals surface area contributed by atoms with Crippen LogP contribution in [-0.2, 0) is 9.53 Å². The molecule has 0 radical (unpaired) electrons. The number of alkyl carbamates (subject to hydrolysis) is 1. The monoisotopic (exact) mass is 316 g/mol. The molecule has 23 heavy (non-hydrogen) atoms. The molecule has 2 saturated heterocycles. The molecular weight excluding hydrogens is 296 g/mol. The van der Waals surface area contributed by atoms with Crippen LogP contribution in [0.5, 0.6) is 0 Å². The highest BCUT2D eigenvalue weighted by molar-refractivity contribution is 5.98. The van der Waals surface area contributed by atoms with Crippen LogP contribution in [0.15, 0.2) is 30.3 Å². The van der Waals surface area contributed by atoms with Crippen LogP contribution in [0, 0.1) is 5.92 Å². The molecule has 2 fully saturated rings. The number of likely N-dealkylation sites (tertiary alicyclic amines) is 1. The first-order valence-electron chi connectivity index (χ1n) is 7.96. The van der Waals surface area contributed by atoms with Gasteiger partial charge in [0.15, 0.2) is 5.78 Å². The Morgan fingerprint density at radius 2 is 1.78 bits per heavy atom. The van der Waals surface area contributed by atoms with Crippen molar-refractivity contribution < 1.29 is 19.1 Å². The van der Waals surface area contributed by atoms with Gasteiger partial charge in [0, 0.05) is 31.0 Å². The van der Waals surface area contributed by atoms with E-state index in [4.69, 9.17) is 4.74 Å². The van der Waals surface area contributed by atoms with Crippen LogP contribution in [0.1, 0.15) is 29.6 Å². The first kappa shape index (κ1) is 15.5. The zero-order chi connectivity index (χ0) is 16.2. The Bertz CT molecular complexity index is 594. The average molecular weight is 316 g/mol. The fourth-order valence-corrected chi connectivity index (χ4v) is 3.13. The highest BCUT2D eigenvalue weighted by Gasteiger charge is 2.33. The molecule has 2 aliphatic rings. The summed E-state index contributed by atoms with van der Waals surface area (Å²) in [4.78, 5) is 37.8. The number of carbonyl (C=O) groups excluding carboxylic acids is 3. The zero-order valence-electron chi connectivity index (χ0n) is 12.9. The summed E-state index contributed by atoms with van der Waals surface area (Å²) in [7, 11) is 0. The number of hydrogen-bond donors (Lipinski definition) is 1. The second-order valence-electron chi connectivity index (χ2n) is 5.95. The minimum absolute atomic E-state index is 0.0364. The fourth-order valence-electron chi connectivity index (χ4n) is 3.13. The molecule has 0 aliphatic carbocycles. The van der Waals surface area contributed by atoms with E-state index in [-0.39, 0.29) is 24.2 Å². The lowest BCUT2D eigenvalue weighted by atomic mass is 9.88. The lowest BCUT2D eigenvalue weighted by molar-refractivity contribution is -0.135. The number of nitrogens with zero attached hydrogens (tertiary/aromatic N) is 1. The van der Waals surface area contributed by atoms with Crippen LogP contribution < -0.4 is 5.32 Å². The quantitative estimate of drug-likeness (QED) is 0.860. The van der Waals surface area contributed by atoms with Crippen molar-refractivity contribution >= 4 is 17.8 Å². The Morgan fingerprint density at radius 1 is 1.09 bits per heavy atom. The molecule has 0 bridgehead atoms. The largest absolute Gasteiger partial charge is 0.449 e. The van der Waals surface area contributed by atoms with Gasteiger partial charge < -0.3 is 15.0 Å². The minimum atomic E-state index is -0.538. The standard InChI is InChI=1S/C17H20N2O4/c20-15(12-4-2-1-3-5-12)13-6-9-19(10-7-13)16(21)14-8-11-23-17(22)18-14/h1-5,13-14H,6-11H2,(H,18,22). The molecule has 1 unspecified atom stereocenters. The first-order valence-corrected chi connectivity index (χ1v) is 7.96. The molecule has 3 rings (SSSR count). The number of piperidine rings is 1. The van der Waals surface area contributed by atoms with Crippen LogP contribution in [0.2, 0.25) is 0 Å². The minimum Gasteiger partial charge on any atom is -0.449 e. The van der Waals surface area contributed by atoms with Gasteiger partial charge >= 0.3 is 6.09 Å². The van der Waals surface area contributed by atoms with Crippen LogP contribution in [0.3, 0.4) is 0 Å². The van der Waals surface area contributed by atoms with Crippen molar-refractivity contribution in [2.24, 2.45) is 5.92 Å². The van der Waals surface area contributed by atoms with Crippen molar-refractivity contribution in [2.75, 3.05) is 19.7 Å². The topological polar surface area (TPSA) is 75.7 Å². The zero-order valence-corrected chi connectivity index (χ0v) is 12.9. The summed E-state index contributed by atoms with van der Waals surface area (Å²) in [5.41, 5.74) is 0.731. The van der Waals surface area contributed by atoms with E-state index in [0.717, 1.165) is 5.56 Å². The summed E-state index contributed by atoms with van der Waals surface area (Å²) in [6.07, 6.45) is 1.28. The molecule has 1 aromatic rings. The van der Waals surface area contributed by atoms with Crippen LogP contribution >= 0.6 is 0 Å². The predicted octanol–water partition coefficient (Wildman–Crippen LogP) is 1.61. The molecule has 122 valence electrons. The van der Waals surface area contributed by atoms with Gasteiger partial charge in [-0.15, -0.1) is 0 Å². The van der Waals surface area contributed by atoms with Crippen molar-refractivity contribution in [1.29, 1.82) is 0 Å². The van der Waals surface area contributed by atoms with Crippen molar-refractivity contribution in [3.8, 4) is 0 Å². The summed E-state index contributed by atoms with van der Waals surface area (Å²) >= 11 is 0. The Kier molecular flexibility index (Phi) is 4.60. The maximum Gasteiger partial charge on any atom is 0.407 e. The Morgan fingerprint density at radius 3 is 2.43 bits per heavy atom. The first-order chi connectivity index (χ1) is 11.1. The summed E-state index contributed by atoms with van der Waals surface area (Å²) in [6, 6.07) is 8.77. The number of carbonyl (C=O) groups is 3. The van der Waals surface area contributed by atoms with Gasteiger partial charge in [-0.1, -0.05) is 30.3 Å². The van der Waals surface area contributed by atoms with E-state index < -0.39 is 12.1 Å². The van der Waals surface area contributed by atoms with E-state index in [0.29, 0.717) is 32.4 Å². The molecule has 6 nitrogen and oxygen atoms in total. The lowest BCUT2D eigenvalue weighted by Crippen LogP contribution is -2.53. The van der Waals surface area contributed by atoms with Gasteiger partial charge in [0.25, 0.3) is 0 Å². The number of benzene rings is 1. The number of hydrogen-bond acceptors (Lipinski definition) is 4. The number of cyclic esters (lactones) is 1. The molecule has 1 aromatic carbocycles. The second kappa shape index (κ2) is 6.81. The molecule has 0 spiro atoms. The third kappa shape index (κ3) is 3.52. The number of ketones is 1. The molecule has 1 N–H and O–H groups in total. The number of amides is 2. The maximum atomic E-state index is 12.4. The lowest BCUT2D eigenvalue weighted by Gasteiger charge is -2.34. The third-order valence-electron chi connectivity index (χ3n) is 4.47. The van der Waals surface area contributed by atoms with Gasteiger partial charge in [0.1, 0.15) is 6.04 Å². The summed E-state index contributed by atoms with van der Waals surface area (Å²) < 4.78 is 4.78. The summed E-state index contributed by atoms with van der Waals surface area (Å²) in [6.45, 7) is 1.37. The van der Waals surface area contributed by atoms with Crippen molar-refractivity contribution in [2.45, 2.75) is 25.3 Å². The average Bonchev–Trinajstić information content (AvgIpc) is 2.61. The van der Waals surface area contributed by atoms with Gasteiger partial charge in [0.05, 0.1) is 6.61 Å². The van der Waals surface area contributed by atoms with E-state index in [1.54, 1.807) is 4.90 Å². The Balaban J connectivity index is 1.55. The molecule has 2 amide bonds. The molecule has 1 atom stereocenters. The highest BCUT2D eigenvalue weighted by atomic mass is 16.6. The third-order valence-corrected chi connectivity index (χ3v) is 4.47. The summed E-state index contributed by atoms with van der Waals surface area (Å²) in [5, 5.41) is 2.55. The van der Waals surface area contributed by atoms with E-state index in [1.165, 1.54) is 0 Å². The van der Waals surface area contributed by atoms with Crippen LogP contribution in [0.4, 0.5) is 4.79 Å². The highest BCUT2D eigenvalue weighted by Crippen LogP contribution is 2.22. The Labute approximate surface area is 134 Å². The van der Waals surface area contributed by atoms with Gasteiger partial charge in [0.2, 0.25) is 5.91 Å². The molecular formula is C17H20N2O4. The second-order valence-corrected chi connectivity index (χ2v) is 5.95. The Hall–Kier alpha value is -2.37. The van der Waals surface area contributed by atoms with Crippen LogP contribution in [-0.4, -0.2) is 48.4 Å². The molecule has 2 aliphatic heterocycles. The van der Waals surface area contributed by atoms with Gasteiger partial charge in [-0.2, -0.15) is 0 Å². The molecule has 0 aromatic heterocycles. The summed E-state index contributed by atoms with van der Waals surface area (Å²) in [5.74, 6) is 0.0371. The van der Waals surface area contributed by atoms with Crippen molar-refractivity contribution in [3.05, 3.63) is 35.9 Å². The van der Waals surface area contributed by atoms with E-state index >= 15 is 0 Å².